The van der Waals surface area contributed by atoms with Gasteiger partial charge in [-0.15, -0.1) is 0 Å². The fourth-order valence-corrected chi connectivity index (χ4v) is 0.854. The summed E-state index contributed by atoms with van der Waals surface area (Å²) in [6, 6.07) is 9.52. The van der Waals surface area contributed by atoms with Gasteiger partial charge in [0.05, 0.1) is 0 Å². The molecule has 4 heteroatoms. The Labute approximate surface area is 76.9 Å². The van der Waals surface area contributed by atoms with E-state index in [1.165, 1.54) is 0 Å². The predicted molar refractivity (Wildman–Crippen MR) is 52.2 cm³/mol. The Kier molecular flexibility index (Phi) is 3.33. The number of rotatable bonds is 1. The molecule has 2 N–H and O–H groups in total. The summed E-state index contributed by atoms with van der Waals surface area (Å²) in [5.41, 5.74) is 0.894. The van der Waals surface area contributed by atoms with E-state index in [0.717, 1.165) is 5.69 Å². The maximum atomic E-state index is 8.36. The first-order valence-corrected chi connectivity index (χ1v) is 3.81. The lowest BCUT2D eigenvalue weighted by molar-refractivity contribution is 1.21. The quantitative estimate of drug-likeness (QED) is 0.290. The van der Waals surface area contributed by atoms with E-state index in [2.05, 4.69) is 15.6 Å². The van der Waals surface area contributed by atoms with Gasteiger partial charge in [-0.25, -0.2) is 0 Å². The number of anilines is 1. The summed E-state index contributed by atoms with van der Waals surface area (Å²) < 4.78 is 0. The van der Waals surface area contributed by atoms with Crippen LogP contribution in [0, 0.1) is 11.5 Å². The monoisotopic (exact) mass is 174 g/mol. The molecule has 0 saturated heterocycles. The Hall–Kier alpha value is -2.02. The van der Waals surface area contributed by atoms with Gasteiger partial charge in [0.2, 0.25) is 5.96 Å². The van der Waals surface area contributed by atoms with E-state index in [1.54, 1.807) is 13.2 Å². The number of hydrogen-bond acceptors (Lipinski definition) is 2. The lowest BCUT2D eigenvalue weighted by Crippen LogP contribution is -2.26. The van der Waals surface area contributed by atoms with Crippen LogP contribution < -0.4 is 10.6 Å². The Morgan fingerprint density at radius 3 is 2.62 bits per heavy atom. The minimum absolute atomic E-state index is 0.439. The number of aliphatic imine (C=N–C) groups is 1. The normalized spacial score (nSPS) is 10.3. The van der Waals surface area contributed by atoms with Crippen LogP contribution in [-0.2, 0) is 0 Å². The first kappa shape index (κ1) is 9.07. The van der Waals surface area contributed by atoms with Gasteiger partial charge in [-0.05, 0) is 12.1 Å². The fourth-order valence-electron chi connectivity index (χ4n) is 0.854. The predicted octanol–water partition coefficient (Wildman–Crippen LogP) is 1.15. The Morgan fingerprint density at radius 2 is 2.08 bits per heavy atom. The van der Waals surface area contributed by atoms with E-state index in [9.17, 15) is 0 Å². The van der Waals surface area contributed by atoms with E-state index >= 15 is 0 Å². The van der Waals surface area contributed by atoms with Gasteiger partial charge < -0.3 is 5.32 Å². The van der Waals surface area contributed by atoms with Crippen LogP contribution in [0.5, 0.6) is 0 Å². The van der Waals surface area contributed by atoms with Crippen molar-refractivity contribution in [2.45, 2.75) is 0 Å². The molecule has 13 heavy (non-hydrogen) atoms. The average Bonchev–Trinajstić information content (AvgIpc) is 2.19. The van der Waals surface area contributed by atoms with Crippen LogP contribution in [0.4, 0.5) is 5.69 Å². The summed E-state index contributed by atoms with van der Waals surface area (Å²) in [6.45, 7) is 0. The van der Waals surface area contributed by atoms with Crippen molar-refractivity contribution in [3.8, 4) is 6.19 Å². The molecule has 1 aromatic rings. The van der Waals surface area contributed by atoms with Crippen molar-refractivity contribution >= 4 is 11.6 Å². The molecule has 0 spiro atoms. The largest absolute Gasteiger partial charge is 0.326 e. The zero-order valence-corrected chi connectivity index (χ0v) is 7.28. The van der Waals surface area contributed by atoms with E-state index in [-0.39, 0.29) is 0 Å². The molecule has 0 aliphatic heterocycles. The number of nitrogens with zero attached hydrogens (tertiary/aromatic N) is 2. The molecule has 0 saturated carbocycles. The van der Waals surface area contributed by atoms with Gasteiger partial charge in [-0.2, -0.15) is 5.26 Å². The smallest absolute Gasteiger partial charge is 0.208 e. The molecule has 0 unspecified atom stereocenters. The van der Waals surface area contributed by atoms with Crippen molar-refractivity contribution in [1.29, 1.82) is 5.26 Å². The SMILES string of the molecule is CN=C(NC#N)Nc1ccccc1. The lowest BCUT2D eigenvalue weighted by atomic mass is 10.3. The van der Waals surface area contributed by atoms with Crippen LogP contribution in [0.25, 0.3) is 0 Å². The number of benzene rings is 1. The minimum Gasteiger partial charge on any atom is -0.326 e. The van der Waals surface area contributed by atoms with Gasteiger partial charge in [0, 0.05) is 12.7 Å². The first-order valence-electron chi connectivity index (χ1n) is 3.81. The Bertz CT molecular complexity index is 323. The third-order valence-corrected chi connectivity index (χ3v) is 1.43. The van der Waals surface area contributed by atoms with Gasteiger partial charge in [-0.1, -0.05) is 18.2 Å². The highest BCUT2D eigenvalue weighted by Crippen LogP contribution is 2.03. The fraction of sp³-hybridized carbons (Fsp3) is 0.111. The Balaban J connectivity index is 2.64. The van der Waals surface area contributed by atoms with Gasteiger partial charge in [0.25, 0.3) is 0 Å². The molecule has 0 aliphatic carbocycles. The van der Waals surface area contributed by atoms with E-state index in [0.29, 0.717) is 5.96 Å². The molecule has 66 valence electrons. The molecule has 0 aromatic heterocycles. The maximum absolute atomic E-state index is 8.36. The maximum Gasteiger partial charge on any atom is 0.208 e. The lowest BCUT2D eigenvalue weighted by Gasteiger charge is -2.05. The summed E-state index contributed by atoms with van der Waals surface area (Å²) in [7, 11) is 1.61. The number of nitrogens with one attached hydrogen (secondary N) is 2. The van der Waals surface area contributed by atoms with Crippen molar-refractivity contribution in [3.63, 3.8) is 0 Å². The second-order valence-electron chi connectivity index (χ2n) is 2.30. The third kappa shape index (κ3) is 2.83. The molecule has 0 heterocycles. The summed E-state index contributed by atoms with van der Waals surface area (Å²) in [5.74, 6) is 0.439. The van der Waals surface area contributed by atoms with Crippen LogP contribution in [0.3, 0.4) is 0 Å². The number of guanidine groups is 1. The van der Waals surface area contributed by atoms with Crippen molar-refractivity contribution in [1.82, 2.24) is 5.32 Å². The van der Waals surface area contributed by atoms with Crippen molar-refractivity contribution in [2.24, 2.45) is 4.99 Å². The van der Waals surface area contributed by atoms with Gasteiger partial charge in [-0.3, -0.25) is 10.3 Å². The molecule has 1 rings (SSSR count). The molecule has 4 nitrogen and oxygen atoms in total. The summed E-state index contributed by atoms with van der Waals surface area (Å²) in [5, 5.41) is 13.7. The standard InChI is InChI=1S/C9H10N4/c1-11-9(12-7-10)13-8-5-3-2-4-6-8/h2-6H,1H3,(H2,11,12,13). The molecular weight excluding hydrogens is 164 g/mol. The molecule has 0 amide bonds. The van der Waals surface area contributed by atoms with Crippen molar-refractivity contribution < 1.29 is 0 Å². The number of nitriles is 1. The number of para-hydroxylation sites is 1. The summed E-state index contributed by atoms with van der Waals surface area (Å²) in [6.07, 6.45) is 1.80. The summed E-state index contributed by atoms with van der Waals surface area (Å²) >= 11 is 0. The third-order valence-electron chi connectivity index (χ3n) is 1.43. The van der Waals surface area contributed by atoms with Crippen molar-refractivity contribution in [3.05, 3.63) is 30.3 Å². The van der Waals surface area contributed by atoms with Crippen LogP contribution in [-0.4, -0.2) is 13.0 Å². The zero-order valence-electron chi connectivity index (χ0n) is 7.28. The molecule has 0 bridgehead atoms. The molecule has 0 aliphatic rings. The van der Waals surface area contributed by atoms with Crippen LogP contribution >= 0.6 is 0 Å². The van der Waals surface area contributed by atoms with E-state index < -0.39 is 0 Å². The zero-order chi connectivity index (χ0) is 9.52. The Morgan fingerprint density at radius 1 is 1.38 bits per heavy atom. The number of hydrogen-bond donors (Lipinski definition) is 2. The first-order chi connectivity index (χ1) is 6.36. The highest BCUT2D eigenvalue weighted by atomic mass is 15.2. The van der Waals surface area contributed by atoms with Crippen LogP contribution in [0.1, 0.15) is 0 Å². The van der Waals surface area contributed by atoms with Gasteiger partial charge in [0.15, 0.2) is 6.19 Å². The van der Waals surface area contributed by atoms with E-state index in [1.807, 2.05) is 30.3 Å². The molecular formula is C9H10N4. The van der Waals surface area contributed by atoms with E-state index in [4.69, 9.17) is 5.26 Å². The highest BCUT2D eigenvalue weighted by Gasteiger charge is 1.94. The van der Waals surface area contributed by atoms with Crippen LogP contribution in [0.2, 0.25) is 0 Å². The second-order valence-corrected chi connectivity index (χ2v) is 2.30. The second kappa shape index (κ2) is 4.78. The topological polar surface area (TPSA) is 60.2 Å². The molecule has 0 fully saturated rings. The minimum atomic E-state index is 0.439. The average molecular weight is 174 g/mol. The van der Waals surface area contributed by atoms with Gasteiger partial charge >= 0.3 is 0 Å². The molecule has 0 atom stereocenters. The molecule has 0 radical (unpaired) electrons. The van der Waals surface area contributed by atoms with Crippen molar-refractivity contribution in [2.75, 3.05) is 12.4 Å². The molecule has 1 aromatic carbocycles. The van der Waals surface area contributed by atoms with Gasteiger partial charge in [0.1, 0.15) is 0 Å². The van der Waals surface area contributed by atoms with Crippen LogP contribution in [0.15, 0.2) is 35.3 Å². The highest BCUT2D eigenvalue weighted by molar-refractivity contribution is 5.94. The summed E-state index contributed by atoms with van der Waals surface area (Å²) in [4.78, 5) is 3.84.